The second-order valence-corrected chi connectivity index (χ2v) is 6.19. The van der Waals surface area contributed by atoms with E-state index in [9.17, 15) is 19.4 Å². The van der Waals surface area contributed by atoms with Crippen molar-refractivity contribution in [2.24, 2.45) is 5.92 Å². The van der Waals surface area contributed by atoms with Crippen LogP contribution >= 0.6 is 0 Å². The lowest BCUT2D eigenvalue weighted by Gasteiger charge is -2.29. The highest BCUT2D eigenvalue weighted by Gasteiger charge is 2.36. The molecule has 5 heteroatoms. The second kappa shape index (κ2) is 7.70. The summed E-state index contributed by atoms with van der Waals surface area (Å²) in [5.41, 5.74) is 0.874. The first-order valence-corrected chi connectivity index (χ1v) is 7.82. The molecule has 0 aliphatic carbocycles. The summed E-state index contributed by atoms with van der Waals surface area (Å²) in [5, 5.41) is 18.8. The van der Waals surface area contributed by atoms with E-state index in [1.54, 1.807) is 11.0 Å². The molecule has 1 aliphatic heterocycles. The van der Waals surface area contributed by atoms with E-state index in [-0.39, 0.29) is 42.9 Å². The van der Waals surface area contributed by atoms with Crippen molar-refractivity contribution in [1.29, 1.82) is 0 Å². The van der Waals surface area contributed by atoms with Gasteiger partial charge in [0.2, 0.25) is 5.91 Å². The molecule has 4 nitrogen and oxygen atoms in total. The summed E-state index contributed by atoms with van der Waals surface area (Å²) in [6.45, 7) is 1.82. The number of aliphatic hydroxyl groups excluding tert-OH is 2. The monoisotopic (exact) mass is 309 g/mol. The van der Waals surface area contributed by atoms with Crippen LogP contribution in [0.5, 0.6) is 0 Å². The second-order valence-electron chi connectivity index (χ2n) is 6.19. The highest BCUT2D eigenvalue weighted by molar-refractivity contribution is 5.77. The average molecular weight is 309 g/mol. The van der Waals surface area contributed by atoms with Crippen LogP contribution in [0, 0.1) is 11.7 Å². The minimum absolute atomic E-state index is 0.0421. The predicted molar refractivity (Wildman–Crippen MR) is 81.7 cm³/mol. The molecule has 0 radical (unpaired) electrons. The van der Waals surface area contributed by atoms with Gasteiger partial charge >= 0.3 is 0 Å². The molecule has 2 rings (SSSR count). The zero-order valence-electron chi connectivity index (χ0n) is 12.9. The summed E-state index contributed by atoms with van der Waals surface area (Å²) in [5.74, 6) is -0.232. The maximum absolute atomic E-state index is 13.2. The van der Waals surface area contributed by atoms with E-state index in [0.717, 1.165) is 18.4 Å². The number of carbonyl (C=O) groups is 1. The Balaban J connectivity index is 1.95. The van der Waals surface area contributed by atoms with Crippen LogP contribution in [0.3, 0.4) is 0 Å². The van der Waals surface area contributed by atoms with Gasteiger partial charge in [-0.15, -0.1) is 0 Å². The Morgan fingerprint density at radius 2 is 1.95 bits per heavy atom. The molecule has 1 heterocycles. The van der Waals surface area contributed by atoms with E-state index in [1.165, 1.54) is 12.1 Å². The smallest absolute Gasteiger partial charge is 0.223 e. The Bertz CT molecular complexity index is 496. The largest absolute Gasteiger partial charge is 0.394 e. The van der Waals surface area contributed by atoms with E-state index in [1.807, 2.05) is 13.0 Å². The van der Waals surface area contributed by atoms with Gasteiger partial charge in [0.25, 0.3) is 0 Å². The van der Waals surface area contributed by atoms with Gasteiger partial charge in [0.15, 0.2) is 0 Å². The molecule has 1 unspecified atom stereocenters. The van der Waals surface area contributed by atoms with Crippen LogP contribution in [-0.2, 0) is 11.2 Å². The maximum Gasteiger partial charge on any atom is 0.223 e. The molecule has 1 saturated heterocycles. The van der Waals surface area contributed by atoms with Gasteiger partial charge in [0.1, 0.15) is 5.82 Å². The number of likely N-dealkylation sites (tertiary alicyclic amines) is 1. The van der Waals surface area contributed by atoms with Gasteiger partial charge in [-0.1, -0.05) is 19.1 Å². The first-order valence-electron chi connectivity index (χ1n) is 7.82. The van der Waals surface area contributed by atoms with Gasteiger partial charge in [0.05, 0.1) is 25.3 Å². The lowest BCUT2D eigenvalue weighted by atomic mass is 9.97. The maximum atomic E-state index is 13.2. The fourth-order valence-electron chi connectivity index (χ4n) is 3.27. The van der Waals surface area contributed by atoms with Crippen molar-refractivity contribution < 1.29 is 19.4 Å². The van der Waals surface area contributed by atoms with E-state index < -0.39 is 0 Å². The number of amides is 1. The number of aliphatic hydroxyl groups is 2. The van der Waals surface area contributed by atoms with Crippen LogP contribution in [0.1, 0.15) is 31.7 Å². The highest BCUT2D eigenvalue weighted by atomic mass is 19.1. The van der Waals surface area contributed by atoms with Crippen molar-refractivity contribution in [3.63, 3.8) is 0 Å². The molecule has 2 N–H and O–H groups in total. The summed E-state index contributed by atoms with van der Waals surface area (Å²) in [7, 11) is 0. The van der Waals surface area contributed by atoms with Crippen molar-refractivity contribution in [3.8, 4) is 0 Å². The molecule has 3 atom stereocenters. The topological polar surface area (TPSA) is 60.8 Å². The van der Waals surface area contributed by atoms with Crippen LogP contribution in [-0.4, -0.2) is 46.3 Å². The highest BCUT2D eigenvalue weighted by Crippen LogP contribution is 2.26. The molecule has 1 aromatic carbocycles. The van der Waals surface area contributed by atoms with Crippen molar-refractivity contribution in [2.75, 3.05) is 13.2 Å². The molecule has 1 aromatic rings. The summed E-state index contributed by atoms with van der Waals surface area (Å²) >= 11 is 0. The van der Waals surface area contributed by atoms with E-state index >= 15 is 0 Å². The van der Waals surface area contributed by atoms with Crippen molar-refractivity contribution in [3.05, 3.63) is 35.6 Å². The summed E-state index contributed by atoms with van der Waals surface area (Å²) in [6.07, 6.45) is 2.42. The number of carbonyl (C=O) groups excluding carboxylic acids is 1. The van der Waals surface area contributed by atoms with Gasteiger partial charge in [-0.3, -0.25) is 4.79 Å². The average Bonchev–Trinajstić information content (AvgIpc) is 2.90. The molecule has 1 amide bonds. The third-order valence-electron chi connectivity index (χ3n) is 4.33. The lowest BCUT2D eigenvalue weighted by Crippen LogP contribution is -2.44. The molecular formula is C17H24FNO3. The lowest BCUT2D eigenvalue weighted by molar-refractivity contribution is -0.136. The van der Waals surface area contributed by atoms with Gasteiger partial charge in [-0.2, -0.15) is 0 Å². The van der Waals surface area contributed by atoms with Crippen molar-refractivity contribution in [1.82, 2.24) is 4.90 Å². The van der Waals surface area contributed by atoms with E-state index in [0.29, 0.717) is 12.8 Å². The summed E-state index contributed by atoms with van der Waals surface area (Å²) in [6, 6.07) is 6.04. The van der Waals surface area contributed by atoms with Gasteiger partial charge < -0.3 is 15.1 Å². The summed E-state index contributed by atoms with van der Waals surface area (Å²) < 4.78 is 13.2. The fraction of sp³-hybridized carbons (Fsp3) is 0.588. The van der Waals surface area contributed by atoms with Crippen LogP contribution in [0.25, 0.3) is 0 Å². The first kappa shape index (κ1) is 16.9. The number of nitrogens with zero attached hydrogens (tertiary/aromatic N) is 1. The zero-order chi connectivity index (χ0) is 16.1. The molecule has 1 aliphatic rings. The summed E-state index contributed by atoms with van der Waals surface area (Å²) in [4.78, 5) is 14.1. The Kier molecular flexibility index (Phi) is 5.91. The van der Waals surface area contributed by atoms with E-state index in [4.69, 9.17) is 0 Å². The number of benzene rings is 1. The number of rotatable bonds is 6. The number of hydrogen-bond acceptors (Lipinski definition) is 3. The Labute approximate surface area is 130 Å². The fourth-order valence-corrected chi connectivity index (χ4v) is 3.27. The Morgan fingerprint density at radius 1 is 1.32 bits per heavy atom. The molecule has 1 fully saturated rings. The standard InChI is InChI=1S/C17H24FNO3/c1-12(7-13-3-2-4-14(18)9-13)8-17(22)19-15(10-20)5-6-16(19)11-21/h2-4,9,12,15-16,20-21H,5-8,10-11H2,1H3/t12?,15-,16-/m1/s1. The zero-order valence-corrected chi connectivity index (χ0v) is 12.9. The predicted octanol–water partition coefficient (Wildman–Crippen LogP) is 1.74. The van der Waals surface area contributed by atoms with Gasteiger partial charge in [-0.25, -0.2) is 4.39 Å². The van der Waals surface area contributed by atoms with Gasteiger partial charge in [0, 0.05) is 6.42 Å². The minimum Gasteiger partial charge on any atom is -0.394 e. The third-order valence-corrected chi connectivity index (χ3v) is 4.33. The molecular weight excluding hydrogens is 285 g/mol. The Morgan fingerprint density at radius 3 is 2.50 bits per heavy atom. The molecule has 122 valence electrons. The van der Waals surface area contributed by atoms with Crippen LogP contribution in [0.4, 0.5) is 4.39 Å². The first-order chi connectivity index (χ1) is 10.5. The number of hydrogen-bond donors (Lipinski definition) is 2. The molecule has 0 saturated carbocycles. The van der Waals surface area contributed by atoms with Crippen molar-refractivity contribution in [2.45, 2.75) is 44.7 Å². The molecule has 0 spiro atoms. The van der Waals surface area contributed by atoms with Crippen LogP contribution in [0.15, 0.2) is 24.3 Å². The minimum atomic E-state index is -0.267. The SMILES string of the molecule is CC(CC(=O)N1[C@@H](CO)CC[C@@H]1CO)Cc1cccc(F)c1. The van der Waals surface area contributed by atoms with E-state index in [2.05, 4.69) is 0 Å². The van der Waals surface area contributed by atoms with Crippen LogP contribution < -0.4 is 0 Å². The molecule has 22 heavy (non-hydrogen) atoms. The number of halogens is 1. The van der Waals surface area contributed by atoms with Crippen molar-refractivity contribution >= 4 is 5.91 Å². The third kappa shape index (κ3) is 4.05. The normalized spacial score (nSPS) is 22.8. The van der Waals surface area contributed by atoms with Gasteiger partial charge in [-0.05, 0) is 42.9 Å². The molecule has 0 bridgehead atoms. The van der Waals surface area contributed by atoms with Crippen LogP contribution in [0.2, 0.25) is 0 Å². The quantitative estimate of drug-likeness (QED) is 0.841. The molecule has 0 aromatic heterocycles. The Hall–Kier alpha value is -1.46.